The van der Waals surface area contributed by atoms with Crippen LogP contribution in [0.2, 0.25) is 0 Å². The van der Waals surface area contributed by atoms with E-state index in [0.717, 1.165) is 16.8 Å². The molecule has 120 valence electrons. The molecule has 0 radical (unpaired) electrons. The summed E-state index contributed by atoms with van der Waals surface area (Å²) in [6.45, 7) is 5.35. The first-order chi connectivity index (χ1) is 10.9. The highest BCUT2D eigenvalue weighted by atomic mass is 16.5. The third kappa shape index (κ3) is 4.10. The van der Waals surface area contributed by atoms with E-state index in [4.69, 9.17) is 10.5 Å². The minimum atomic E-state index is -0.914. The van der Waals surface area contributed by atoms with Crippen molar-refractivity contribution in [2.75, 3.05) is 11.1 Å². The zero-order valence-corrected chi connectivity index (χ0v) is 13.4. The van der Waals surface area contributed by atoms with E-state index < -0.39 is 12.1 Å². The number of para-hydroxylation sites is 1. The minimum Gasteiger partial charge on any atom is -0.449 e. The smallest absolute Gasteiger partial charge is 0.338 e. The van der Waals surface area contributed by atoms with Gasteiger partial charge in [-0.15, -0.1) is 0 Å². The molecule has 2 aromatic rings. The van der Waals surface area contributed by atoms with Gasteiger partial charge in [0.05, 0.1) is 5.56 Å². The van der Waals surface area contributed by atoms with Crippen molar-refractivity contribution in [3.8, 4) is 0 Å². The Morgan fingerprint density at radius 3 is 2.30 bits per heavy atom. The number of amides is 1. The number of rotatable bonds is 4. The third-order valence-corrected chi connectivity index (χ3v) is 3.50. The van der Waals surface area contributed by atoms with Crippen LogP contribution in [-0.2, 0) is 9.53 Å². The Balaban J connectivity index is 2.04. The average Bonchev–Trinajstić information content (AvgIpc) is 2.50. The van der Waals surface area contributed by atoms with E-state index in [1.165, 1.54) is 13.0 Å². The van der Waals surface area contributed by atoms with Gasteiger partial charge in [-0.1, -0.05) is 24.3 Å². The van der Waals surface area contributed by atoms with Gasteiger partial charge in [-0.3, -0.25) is 4.79 Å². The van der Waals surface area contributed by atoms with Gasteiger partial charge < -0.3 is 15.8 Å². The molecule has 5 heteroatoms. The lowest BCUT2D eigenvalue weighted by Crippen LogP contribution is -2.30. The molecule has 0 aliphatic carbocycles. The maximum atomic E-state index is 12.2. The number of esters is 1. The van der Waals surface area contributed by atoms with Crippen molar-refractivity contribution >= 4 is 23.3 Å². The van der Waals surface area contributed by atoms with Crippen molar-refractivity contribution in [3.05, 3.63) is 59.2 Å². The lowest BCUT2D eigenvalue weighted by molar-refractivity contribution is -0.123. The third-order valence-electron chi connectivity index (χ3n) is 3.50. The van der Waals surface area contributed by atoms with E-state index in [-0.39, 0.29) is 5.91 Å². The van der Waals surface area contributed by atoms with Crippen molar-refractivity contribution in [1.29, 1.82) is 0 Å². The fraction of sp³-hybridized carbons (Fsp3) is 0.222. The first-order valence-electron chi connectivity index (χ1n) is 7.32. The molecule has 0 spiro atoms. The molecular weight excluding hydrogens is 292 g/mol. The predicted octanol–water partition coefficient (Wildman–Crippen LogP) is 3.07. The number of ether oxygens (including phenoxy) is 1. The molecule has 0 saturated carbocycles. The van der Waals surface area contributed by atoms with Gasteiger partial charge in [0.1, 0.15) is 0 Å². The molecule has 0 bridgehead atoms. The summed E-state index contributed by atoms with van der Waals surface area (Å²) in [5.41, 5.74) is 9.06. The number of nitrogens with one attached hydrogen (secondary N) is 1. The molecule has 1 amide bonds. The van der Waals surface area contributed by atoms with Gasteiger partial charge in [-0.2, -0.15) is 0 Å². The van der Waals surface area contributed by atoms with Gasteiger partial charge in [0.15, 0.2) is 6.10 Å². The van der Waals surface area contributed by atoms with Crippen LogP contribution in [0.25, 0.3) is 0 Å². The summed E-state index contributed by atoms with van der Waals surface area (Å²) >= 11 is 0. The summed E-state index contributed by atoms with van der Waals surface area (Å²) in [4.78, 5) is 24.3. The number of nitrogen functional groups attached to an aromatic ring is 1. The largest absolute Gasteiger partial charge is 0.449 e. The molecule has 0 heterocycles. The van der Waals surface area contributed by atoms with Crippen molar-refractivity contribution in [2.45, 2.75) is 26.9 Å². The van der Waals surface area contributed by atoms with Crippen LogP contribution in [0.5, 0.6) is 0 Å². The summed E-state index contributed by atoms with van der Waals surface area (Å²) in [5, 5.41) is 2.81. The van der Waals surface area contributed by atoms with Gasteiger partial charge in [-0.25, -0.2) is 4.79 Å². The first-order valence-corrected chi connectivity index (χ1v) is 7.32. The summed E-state index contributed by atoms with van der Waals surface area (Å²) in [5.74, 6) is -0.957. The highest BCUT2D eigenvalue weighted by molar-refractivity contribution is 5.98. The van der Waals surface area contributed by atoms with E-state index in [1.807, 2.05) is 32.0 Å². The van der Waals surface area contributed by atoms with Gasteiger partial charge in [0.2, 0.25) is 0 Å². The number of carbonyl (C=O) groups excluding carboxylic acids is 2. The standard InChI is InChI=1S/C18H20N2O3/c1-11-6-4-7-12(2)16(11)20-17(21)13(3)23-18(22)14-8-5-9-15(19)10-14/h4-10,13H,19H2,1-3H3,(H,20,21). The highest BCUT2D eigenvalue weighted by Crippen LogP contribution is 2.20. The van der Waals surface area contributed by atoms with Gasteiger partial charge in [0.25, 0.3) is 5.91 Å². The van der Waals surface area contributed by atoms with E-state index in [0.29, 0.717) is 11.3 Å². The zero-order valence-electron chi connectivity index (χ0n) is 13.4. The normalized spacial score (nSPS) is 11.6. The van der Waals surface area contributed by atoms with E-state index in [9.17, 15) is 9.59 Å². The molecule has 0 aliphatic heterocycles. The van der Waals surface area contributed by atoms with E-state index in [1.54, 1.807) is 18.2 Å². The topological polar surface area (TPSA) is 81.4 Å². The van der Waals surface area contributed by atoms with Crippen LogP contribution in [0.4, 0.5) is 11.4 Å². The monoisotopic (exact) mass is 312 g/mol. The Hall–Kier alpha value is -2.82. The number of nitrogens with two attached hydrogens (primary N) is 1. The van der Waals surface area contributed by atoms with Crippen LogP contribution in [0.3, 0.4) is 0 Å². The minimum absolute atomic E-state index is 0.316. The SMILES string of the molecule is Cc1cccc(C)c1NC(=O)C(C)OC(=O)c1cccc(N)c1. The highest BCUT2D eigenvalue weighted by Gasteiger charge is 2.20. The van der Waals surface area contributed by atoms with E-state index >= 15 is 0 Å². The lowest BCUT2D eigenvalue weighted by atomic mass is 10.1. The van der Waals surface area contributed by atoms with E-state index in [2.05, 4.69) is 5.32 Å². The quantitative estimate of drug-likeness (QED) is 0.671. The molecular formula is C18H20N2O3. The summed E-state index contributed by atoms with van der Waals surface area (Å²) in [6.07, 6.45) is -0.914. The molecule has 2 rings (SSSR count). The molecule has 2 aromatic carbocycles. The Morgan fingerprint density at radius 2 is 1.70 bits per heavy atom. The molecule has 23 heavy (non-hydrogen) atoms. The fourth-order valence-corrected chi connectivity index (χ4v) is 2.18. The van der Waals surface area contributed by atoms with Crippen LogP contribution in [0, 0.1) is 13.8 Å². The van der Waals surface area contributed by atoms with Gasteiger partial charge in [-0.05, 0) is 50.1 Å². The second-order valence-corrected chi connectivity index (χ2v) is 5.43. The average molecular weight is 312 g/mol. The molecule has 0 aliphatic rings. The second-order valence-electron chi connectivity index (χ2n) is 5.43. The molecule has 3 N–H and O–H groups in total. The Morgan fingerprint density at radius 1 is 1.09 bits per heavy atom. The van der Waals surface area contributed by atoms with Crippen LogP contribution in [0.1, 0.15) is 28.4 Å². The Bertz CT molecular complexity index is 721. The van der Waals surface area contributed by atoms with Crippen molar-refractivity contribution in [1.82, 2.24) is 0 Å². The number of benzene rings is 2. The Labute approximate surface area is 135 Å². The maximum Gasteiger partial charge on any atom is 0.338 e. The summed E-state index contributed by atoms with van der Waals surface area (Å²) < 4.78 is 5.20. The van der Waals surface area contributed by atoms with Crippen molar-refractivity contribution in [3.63, 3.8) is 0 Å². The van der Waals surface area contributed by atoms with Gasteiger partial charge >= 0.3 is 5.97 Å². The first kappa shape index (κ1) is 16.5. The van der Waals surface area contributed by atoms with Crippen LogP contribution < -0.4 is 11.1 Å². The number of aryl methyl sites for hydroxylation is 2. The fourth-order valence-electron chi connectivity index (χ4n) is 2.18. The molecule has 5 nitrogen and oxygen atoms in total. The van der Waals surface area contributed by atoms with Gasteiger partial charge in [0, 0.05) is 11.4 Å². The summed E-state index contributed by atoms with van der Waals surface area (Å²) in [6, 6.07) is 12.2. The molecule has 0 aromatic heterocycles. The second kappa shape index (κ2) is 6.96. The summed E-state index contributed by atoms with van der Waals surface area (Å²) in [7, 11) is 0. The molecule has 1 unspecified atom stereocenters. The Kier molecular flexibility index (Phi) is 5.01. The number of hydrogen-bond donors (Lipinski definition) is 2. The van der Waals surface area contributed by atoms with Crippen LogP contribution >= 0.6 is 0 Å². The van der Waals surface area contributed by atoms with Crippen LogP contribution in [-0.4, -0.2) is 18.0 Å². The van der Waals surface area contributed by atoms with Crippen LogP contribution in [0.15, 0.2) is 42.5 Å². The van der Waals surface area contributed by atoms with Crippen molar-refractivity contribution in [2.24, 2.45) is 0 Å². The number of anilines is 2. The zero-order chi connectivity index (χ0) is 17.0. The maximum absolute atomic E-state index is 12.2. The van der Waals surface area contributed by atoms with Crippen molar-refractivity contribution < 1.29 is 14.3 Å². The predicted molar refractivity (Wildman–Crippen MR) is 90.3 cm³/mol. The number of carbonyl (C=O) groups is 2. The number of hydrogen-bond acceptors (Lipinski definition) is 4. The lowest BCUT2D eigenvalue weighted by Gasteiger charge is -2.16. The molecule has 0 saturated heterocycles. The molecule has 0 fully saturated rings. The molecule has 1 atom stereocenters.